The first kappa shape index (κ1) is 34.9. The predicted octanol–water partition coefficient (Wildman–Crippen LogP) is 5.70. The van der Waals surface area contributed by atoms with Crippen molar-refractivity contribution in [2.75, 3.05) is 26.9 Å². The molecule has 3 aromatic rings. The molecular formula is C33H34Cl2N4O8. The molecule has 4 rings (SSSR count). The second kappa shape index (κ2) is 16.6. The Hall–Kier alpha value is -4.94. The Bertz CT molecular complexity index is 1700. The summed E-state index contributed by atoms with van der Waals surface area (Å²) in [5.41, 5.74) is 5.01. The molecule has 0 saturated carbocycles. The van der Waals surface area contributed by atoms with Crippen molar-refractivity contribution >= 4 is 47.3 Å². The lowest BCUT2D eigenvalue weighted by Gasteiger charge is -2.28. The zero-order valence-electron chi connectivity index (χ0n) is 26.1. The van der Waals surface area contributed by atoms with Crippen LogP contribution in [0, 0.1) is 0 Å². The van der Waals surface area contributed by atoms with Gasteiger partial charge in [-0.1, -0.05) is 41.4 Å². The molecule has 1 aliphatic rings. The van der Waals surface area contributed by atoms with Crippen LogP contribution in [0.3, 0.4) is 0 Å². The largest absolute Gasteiger partial charge is 0.493 e. The topological polar surface area (TPSA) is 146 Å². The van der Waals surface area contributed by atoms with Gasteiger partial charge in [0, 0.05) is 10.7 Å². The van der Waals surface area contributed by atoms with Crippen LogP contribution in [0.1, 0.15) is 43.5 Å². The van der Waals surface area contributed by atoms with Gasteiger partial charge >= 0.3 is 12.0 Å². The summed E-state index contributed by atoms with van der Waals surface area (Å²) in [4.78, 5) is 37.3. The molecule has 1 atom stereocenters. The third-order valence-corrected chi connectivity index (χ3v) is 7.17. The SMILES string of the molecule is CCOC(=O)C1=C(C)NC(=O)N[C@@H]1c1ccc(OCC(=O)N/N=C/c2cc(Cl)c(OCc3cccc(Cl)c3)c(OCC)c2)c(OC)c1. The number of carbonyl (C=O) groups excluding carboxylic acids is 3. The number of hydrogen-bond acceptors (Lipinski definition) is 9. The van der Waals surface area contributed by atoms with Crippen molar-refractivity contribution in [2.45, 2.75) is 33.4 Å². The highest BCUT2D eigenvalue weighted by Crippen LogP contribution is 2.37. The smallest absolute Gasteiger partial charge is 0.338 e. The number of halogens is 2. The summed E-state index contributed by atoms with van der Waals surface area (Å²) in [6.07, 6.45) is 1.41. The Morgan fingerprint density at radius 1 is 0.979 bits per heavy atom. The molecule has 0 radical (unpaired) electrons. The fourth-order valence-electron chi connectivity index (χ4n) is 4.61. The van der Waals surface area contributed by atoms with Crippen LogP contribution in [0.25, 0.3) is 0 Å². The van der Waals surface area contributed by atoms with Crippen LogP contribution < -0.4 is 35.0 Å². The molecule has 1 heterocycles. The van der Waals surface area contributed by atoms with E-state index in [2.05, 4.69) is 21.2 Å². The molecular weight excluding hydrogens is 651 g/mol. The van der Waals surface area contributed by atoms with E-state index in [0.29, 0.717) is 45.0 Å². The molecule has 0 aliphatic carbocycles. The summed E-state index contributed by atoms with van der Waals surface area (Å²) in [6, 6.07) is 14.2. The second-order valence-corrected chi connectivity index (χ2v) is 10.8. The highest BCUT2D eigenvalue weighted by molar-refractivity contribution is 6.32. The van der Waals surface area contributed by atoms with Crippen LogP contribution in [0.15, 0.2) is 71.0 Å². The number of ether oxygens (including phenoxy) is 5. The van der Waals surface area contributed by atoms with Gasteiger partial charge in [0.05, 0.1) is 43.2 Å². The van der Waals surface area contributed by atoms with Gasteiger partial charge in [0.25, 0.3) is 5.91 Å². The van der Waals surface area contributed by atoms with E-state index in [-0.39, 0.29) is 36.9 Å². The second-order valence-electron chi connectivity index (χ2n) is 9.96. The predicted molar refractivity (Wildman–Crippen MR) is 176 cm³/mol. The van der Waals surface area contributed by atoms with Gasteiger partial charge in [0.15, 0.2) is 29.6 Å². The Labute approximate surface area is 281 Å². The number of hydrogen-bond donors (Lipinski definition) is 3. The lowest BCUT2D eigenvalue weighted by atomic mass is 9.95. The average molecular weight is 686 g/mol. The maximum atomic E-state index is 12.6. The molecule has 248 valence electrons. The minimum absolute atomic E-state index is 0.174. The van der Waals surface area contributed by atoms with Crippen molar-refractivity contribution in [1.82, 2.24) is 16.1 Å². The molecule has 0 bridgehead atoms. The van der Waals surface area contributed by atoms with Crippen LogP contribution >= 0.6 is 23.2 Å². The Morgan fingerprint density at radius 3 is 2.51 bits per heavy atom. The van der Waals surface area contributed by atoms with Crippen LogP contribution in [0.5, 0.6) is 23.0 Å². The number of esters is 1. The Balaban J connectivity index is 1.39. The lowest BCUT2D eigenvalue weighted by molar-refractivity contribution is -0.139. The lowest BCUT2D eigenvalue weighted by Crippen LogP contribution is -2.45. The number of rotatable bonds is 14. The van der Waals surface area contributed by atoms with Gasteiger partial charge in [-0.3, -0.25) is 4.79 Å². The third kappa shape index (κ3) is 9.30. The molecule has 14 heteroatoms. The monoisotopic (exact) mass is 684 g/mol. The summed E-state index contributed by atoms with van der Waals surface area (Å²) in [5, 5.41) is 10.2. The molecule has 12 nitrogen and oxygen atoms in total. The fraction of sp³-hybridized carbons (Fsp3) is 0.273. The maximum Gasteiger partial charge on any atom is 0.338 e. The van der Waals surface area contributed by atoms with Gasteiger partial charge in [-0.2, -0.15) is 5.10 Å². The summed E-state index contributed by atoms with van der Waals surface area (Å²) in [5.74, 6) is 0.220. The van der Waals surface area contributed by atoms with Gasteiger partial charge in [0.1, 0.15) is 6.61 Å². The summed E-state index contributed by atoms with van der Waals surface area (Å²) in [6.45, 7) is 5.55. The molecule has 3 N–H and O–H groups in total. The average Bonchev–Trinajstić information content (AvgIpc) is 3.03. The molecule has 3 aromatic carbocycles. The van der Waals surface area contributed by atoms with Gasteiger partial charge in [-0.25, -0.2) is 15.0 Å². The van der Waals surface area contributed by atoms with Crippen molar-refractivity contribution in [1.29, 1.82) is 0 Å². The third-order valence-electron chi connectivity index (χ3n) is 6.65. The van der Waals surface area contributed by atoms with Crippen molar-refractivity contribution in [3.8, 4) is 23.0 Å². The standard InChI is InChI=1S/C33H34Cl2N4O8/c1-5-44-27-14-21(13-24(35)31(27)47-17-20-8-7-9-23(34)12-20)16-36-39-28(40)18-46-25-11-10-22(15-26(25)43-4)30-29(32(41)45-6-2)19(3)37-33(42)38-30/h7-16,30H,5-6,17-18H2,1-4H3,(H,39,40)(H2,37,38,42)/b36-16+/t30-/m1/s1. The first-order valence-electron chi connectivity index (χ1n) is 14.5. The molecule has 3 amide bonds. The van der Waals surface area contributed by atoms with Crippen molar-refractivity contribution < 1.29 is 38.1 Å². The summed E-state index contributed by atoms with van der Waals surface area (Å²) in [7, 11) is 1.43. The van der Waals surface area contributed by atoms with Crippen LogP contribution in [-0.2, 0) is 20.9 Å². The number of nitrogens with zero attached hydrogens (tertiary/aromatic N) is 1. The number of amides is 3. The number of urea groups is 1. The normalized spacial score (nSPS) is 14.3. The fourth-order valence-corrected chi connectivity index (χ4v) is 5.09. The minimum Gasteiger partial charge on any atom is -0.493 e. The van der Waals surface area contributed by atoms with E-state index >= 15 is 0 Å². The molecule has 0 saturated heterocycles. The first-order chi connectivity index (χ1) is 22.6. The van der Waals surface area contributed by atoms with E-state index in [9.17, 15) is 14.4 Å². The van der Waals surface area contributed by atoms with E-state index in [0.717, 1.165) is 5.56 Å². The van der Waals surface area contributed by atoms with Gasteiger partial charge in [-0.05, 0) is 73.9 Å². The van der Waals surface area contributed by atoms with Gasteiger partial charge < -0.3 is 34.3 Å². The summed E-state index contributed by atoms with van der Waals surface area (Å²) < 4.78 is 28.0. The number of carbonyl (C=O) groups is 3. The molecule has 47 heavy (non-hydrogen) atoms. The highest BCUT2D eigenvalue weighted by atomic mass is 35.5. The van der Waals surface area contributed by atoms with E-state index < -0.39 is 23.9 Å². The van der Waals surface area contributed by atoms with E-state index in [4.69, 9.17) is 46.9 Å². The zero-order valence-corrected chi connectivity index (χ0v) is 27.7. The maximum absolute atomic E-state index is 12.6. The minimum atomic E-state index is -0.788. The number of allylic oxidation sites excluding steroid dienone is 1. The summed E-state index contributed by atoms with van der Waals surface area (Å²) >= 11 is 12.6. The van der Waals surface area contributed by atoms with Crippen molar-refractivity contribution in [3.05, 3.63) is 92.6 Å². The van der Waals surface area contributed by atoms with Crippen LogP contribution in [0.2, 0.25) is 10.0 Å². The van der Waals surface area contributed by atoms with Crippen LogP contribution in [0.4, 0.5) is 4.79 Å². The number of hydrazone groups is 1. The molecule has 1 aliphatic heterocycles. The van der Waals surface area contributed by atoms with Gasteiger partial charge in [-0.15, -0.1) is 0 Å². The van der Waals surface area contributed by atoms with E-state index in [1.165, 1.54) is 13.3 Å². The number of methoxy groups -OCH3 is 1. The zero-order chi connectivity index (χ0) is 33.9. The van der Waals surface area contributed by atoms with Crippen molar-refractivity contribution in [2.24, 2.45) is 5.10 Å². The first-order valence-corrected chi connectivity index (χ1v) is 15.3. The van der Waals surface area contributed by atoms with Gasteiger partial charge in [0.2, 0.25) is 0 Å². The number of benzene rings is 3. The highest BCUT2D eigenvalue weighted by Gasteiger charge is 2.32. The molecule has 0 fully saturated rings. The Morgan fingerprint density at radius 2 is 1.79 bits per heavy atom. The molecule has 0 unspecified atom stereocenters. The van der Waals surface area contributed by atoms with E-state index in [1.54, 1.807) is 56.3 Å². The number of nitrogens with one attached hydrogen (secondary N) is 3. The Kier molecular flexibility index (Phi) is 12.3. The van der Waals surface area contributed by atoms with Crippen LogP contribution in [-0.4, -0.2) is 51.1 Å². The van der Waals surface area contributed by atoms with E-state index in [1.807, 2.05) is 19.1 Å². The molecule has 0 spiro atoms. The quantitative estimate of drug-likeness (QED) is 0.111. The molecule has 0 aromatic heterocycles. The van der Waals surface area contributed by atoms with Crippen molar-refractivity contribution in [3.63, 3.8) is 0 Å².